The minimum absolute atomic E-state index is 0.788. The van der Waals surface area contributed by atoms with Crippen LogP contribution < -0.4 is 10.6 Å². The van der Waals surface area contributed by atoms with Crippen LogP contribution in [0.2, 0.25) is 0 Å². The Kier molecular flexibility index (Phi) is 4.30. The first-order valence-electron chi connectivity index (χ1n) is 7.05. The largest absolute Gasteiger partial charge is 0.369 e. The van der Waals surface area contributed by atoms with Crippen LogP contribution in [-0.2, 0) is 6.42 Å². The molecule has 3 rings (SSSR count). The average molecular weight is 302 g/mol. The van der Waals surface area contributed by atoms with Crippen molar-refractivity contribution in [3.05, 3.63) is 35.2 Å². The fourth-order valence-corrected chi connectivity index (χ4v) is 2.65. The molecular formula is C14H18N6S. The van der Waals surface area contributed by atoms with E-state index in [1.807, 2.05) is 22.3 Å². The molecule has 0 saturated heterocycles. The van der Waals surface area contributed by atoms with E-state index in [0.717, 1.165) is 48.9 Å². The van der Waals surface area contributed by atoms with Gasteiger partial charge < -0.3 is 15.0 Å². The van der Waals surface area contributed by atoms with Crippen LogP contribution in [0.5, 0.6) is 0 Å². The van der Waals surface area contributed by atoms with Crippen LogP contribution in [0.3, 0.4) is 0 Å². The van der Waals surface area contributed by atoms with Gasteiger partial charge in [-0.25, -0.2) is 15.0 Å². The molecule has 3 heterocycles. The predicted octanol–water partition coefficient (Wildman–Crippen LogP) is 2.66. The van der Waals surface area contributed by atoms with Crippen molar-refractivity contribution in [1.29, 1.82) is 0 Å². The molecule has 0 bridgehead atoms. The van der Waals surface area contributed by atoms with Crippen LogP contribution in [0.4, 0.5) is 11.6 Å². The molecule has 0 saturated carbocycles. The summed E-state index contributed by atoms with van der Waals surface area (Å²) in [5.41, 5.74) is 3.80. The third-order valence-electron chi connectivity index (χ3n) is 3.09. The highest BCUT2D eigenvalue weighted by molar-refractivity contribution is 7.07. The summed E-state index contributed by atoms with van der Waals surface area (Å²) in [6, 6.07) is 0. The van der Waals surface area contributed by atoms with Gasteiger partial charge in [-0.3, -0.25) is 0 Å². The molecule has 0 unspecified atom stereocenters. The molecule has 3 aromatic heterocycles. The summed E-state index contributed by atoms with van der Waals surface area (Å²) in [5, 5.41) is 8.74. The Morgan fingerprint density at radius 1 is 1.24 bits per heavy atom. The van der Waals surface area contributed by atoms with Crippen LogP contribution in [-0.4, -0.2) is 32.4 Å². The number of nitrogens with one attached hydrogen (secondary N) is 2. The van der Waals surface area contributed by atoms with E-state index in [4.69, 9.17) is 0 Å². The molecule has 0 aromatic carbocycles. The smallest absolute Gasteiger partial charge is 0.180 e. The molecule has 21 heavy (non-hydrogen) atoms. The maximum Gasteiger partial charge on any atom is 0.180 e. The normalized spacial score (nSPS) is 10.9. The fourth-order valence-electron chi connectivity index (χ4n) is 2.06. The molecule has 0 amide bonds. The van der Waals surface area contributed by atoms with Gasteiger partial charge in [0.1, 0.15) is 5.82 Å². The van der Waals surface area contributed by atoms with Crippen molar-refractivity contribution in [2.75, 3.05) is 23.7 Å². The summed E-state index contributed by atoms with van der Waals surface area (Å²) in [6.07, 6.45) is 7.62. The lowest BCUT2D eigenvalue weighted by Gasteiger charge is -2.10. The molecule has 0 spiro atoms. The molecule has 110 valence electrons. The van der Waals surface area contributed by atoms with Crippen LogP contribution >= 0.6 is 11.3 Å². The number of nitrogens with zero attached hydrogens (tertiary/aromatic N) is 4. The lowest BCUT2D eigenvalue weighted by molar-refractivity contribution is 0.947. The summed E-state index contributed by atoms with van der Waals surface area (Å²) >= 11 is 1.62. The third kappa shape index (κ3) is 3.30. The first kappa shape index (κ1) is 13.8. The second-order valence-corrected chi connectivity index (χ2v) is 5.43. The molecule has 7 heteroatoms. The van der Waals surface area contributed by atoms with Crippen LogP contribution in [0, 0.1) is 0 Å². The van der Waals surface area contributed by atoms with Gasteiger partial charge in [0, 0.05) is 37.3 Å². The number of thiazole rings is 1. The summed E-state index contributed by atoms with van der Waals surface area (Å²) in [4.78, 5) is 13.2. The Labute approximate surface area is 127 Å². The number of rotatable bonds is 7. The van der Waals surface area contributed by atoms with Gasteiger partial charge in [0.25, 0.3) is 0 Å². The summed E-state index contributed by atoms with van der Waals surface area (Å²) in [6.45, 7) is 3.83. The van der Waals surface area contributed by atoms with Crippen molar-refractivity contribution in [3.8, 4) is 0 Å². The van der Waals surface area contributed by atoms with Gasteiger partial charge in [0.05, 0.1) is 17.4 Å². The molecule has 0 aliphatic carbocycles. The van der Waals surface area contributed by atoms with Gasteiger partial charge in [0.15, 0.2) is 11.5 Å². The average Bonchev–Trinajstić information content (AvgIpc) is 3.15. The van der Waals surface area contributed by atoms with E-state index in [1.54, 1.807) is 17.5 Å². The number of imidazole rings is 1. The van der Waals surface area contributed by atoms with E-state index in [2.05, 4.69) is 37.9 Å². The van der Waals surface area contributed by atoms with Crippen molar-refractivity contribution < 1.29 is 0 Å². The van der Waals surface area contributed by atoms with Gasteiger partial charge in [-0.15, -0.1) is 11.3 Å². The molecular weight excluding hydrogens is 284 g/mol. The highest BCUT2D eigenvalue weighted by Gasteiger charge is 2.07. The molecule has 0 aliphatic heterocycles. The first-order chi connectivity index (χ1) is 10.4. The van der Waals surface area contributed by atoms with E-state index in [9.17, 15) is 0 Å². The van der Waals surface area contributed by atoms with Crippen molar-refractivity contribution in [2.45, 2.75) is 19.8 Å². The number of hydrogen-bond donors (Lipinski definition) is 2. The number of anilines is 2. The lowest BCUT2D eigenvalue weighted by Crippen LogP contribution is -2.10. The summed E-state index contributed by atoms with van der Waals surface area (Å²) in [7, 11) is 0. The quantitative estimate of drug-likeness (QED) is 0.702. The SMILES string of the molecule is CCCNc1cn2ccnc2c(NCCc2cscn2)n1. The van der Waals surface area contributed by atoms with E-state index in [0.29, 0.717) is 0 Å². The Balaban J connectivity index is 1.74. The molecule has 0 atom stereocenters. The van der Waals surface area contributed by atoms with Gasteiger partial charge in [-0.2, -0.15) is 0 Å². The minimum Gasteiger partial charge on any atom is -0.369 e. The second-order valence-electron chi connectivity index (χ2n) is 4.72. The Hall–Kier alpha value is -2.15. The monoisotopic (exact) mass is 302 g/mol. The molecule has 2 N–H and O–H groups in total. The van der Waals surface area contributed by atoms with Crippen molar-refractivity contribution in [1.82, 2.24) is 19.4 Å². The van der Waals surface area contributed by atoms with Crippen LogP contribution in [0.15, 0.2) is 29.5 Å². The van der Waals surface area contributed by atoms with Crippen molar-refractivity contribution >= 4 is 28.6 Å². The van der Waals surface area contributed by atoms with Crippen molar-refractivity contribution in [2.24, 2.45) is 0 Å². The zero-order valence-electron chi connectivity index (χ0n) is 11.9. The second kappa shape index (κ2) is 6.53. The molecule has 6 nitrogen and oxygen atoms in total. The Morgan fingerprint density at radius 2 is 2.19 bits per heavy atom. The van der Waals surface area contributed by atoms with E-state index >= 15 is 0 Å². The maximum atomic E-state index is 4.61. The highest BCUT2D eigenvalue weighted by Crippen LogP contribution is 2.16. The topological polar surface area (TPSA) is 67.1 Å². The van der Waals surface area contributed by atoms with E-state index in [-0.39, 0.29) is 0 Å². The first-order valence-corrected chi connectivity index (χ1v) is 7.99. The Morgan fingerprint density at radius 3 is 3.00 bits per heavy atom. The number of aromatic nitrogens is 4. The molecule has 0 fully saturated rings. The van der Waals surface area contributed by atoms with Crippen molar-refractivity contribution in [3.63, 3.8) is 0 Å². The van der Waals surface area contributed by atoms with Crippen LogP contribution in [0.25, 0.3) is 5.65 Å². The lowest BCUT2D eigenvalue weighted by atomic mass is 10.3. The van der Waals surface area contributed by atoms with Crippen LogP contribution in [0.1, 0.15) is 19.0 Å². The number of fused-ring (bicyclic) bond motifs is 1. The standard InChI is InChI=1S/C14H18N6S/c1-2-4-15-12-8-20-7-6-17-14(20)13(19-12)16-5-3-11-9-21-10-18-11/h6-10,15H,2-5H2,1H3,(H,16,19). The third-order valence-corrected chi connectivity index (χ3v) is 3.72. The van der Waals surface area contributed by atoms with Gasteiger partial charge in [0.2, 0.25) is 0 Å². The van der Waals surface area contributed by atoms with Gasteiger partial charge in [-0.1, -0.05) is 6.92 Å². The van der Waals surface area contributed by atoms with E-state index < -0.39 is 0 Å². The zero-order valence-corrected chi connectivity index (χ0v) is 12.7. The van der Waals surface area contributed by atoms with Gasteiger partial charge in [-0.05, 0) is 6.42 Å². The van der Waals surface area contributed by atoms with Gasteiger partial charge >= 0.3 is 0 Å². The molecule has 0 radical (unpaired) electrons. The predicted molar refractivity (Wildman–Crippen MR) is 86.1 cm³/mol. The maximum absolute atomic E-state index is 4.61. The molecule has 3 aromatic rings. The molecule has 0 aliphatic rings. The highest BCUT2D eigenvalue weighted by atomic mass is 32.1. The summed E-state index contributed by atoms with van der Waals surface area (Å²) in [5.74, 6) is 1.66. The Bertz CT molecular complexity index is 691. The fraction of sp³-hybridized carbons (Fsp3) is 0.357. The minimum atomic E-state index is 0.788. The summed E-state index contributed by atoms with van der Waals surface area (Å²) < 4.78 is 1.98. The van der Waals surface area contributed by atoms with E-state index in [1.165, 1.54) is 0 Å². The number of hydrogen-bond acceptors (Lipinski definition) is 6. The zero-order chi connectivity index (χ0) is 14.5.